The van der Waals surface area contributed by atoms with Gasteiger partial charge in [-0.3, -0.25) is 0 Å². The zero-order valence-electron chi connectivity index (χ0n) is 8.50. The minimum absolute atomic E-state index is 0.209. The van der Waals surface area contributed by atoms with E-state index in [9.17, 15) is 0 Å². The number of hydrogen-bond donors (Lipinski definition) is 0. The van der Waals surface area contributed by atoms with Gasteiger partial charge in [-0.15, -0.1) is 0 Å². The van der Waals surface area contributed by atoms with Crippen LogP contribution in [0.25, 0.3) is 6.08 Å². The summed E-state index contributed by atoms with van der Waals surface area (Å²) in [5, 5.41) is 0. The summed E-state index contributed by atoms with van der Waals surface area (Å²) in [5.41, 5.74) is 2.30. The number of rotatable bonds is 3. The maximum absolute atomic E-state index is 5.65. The van der Waals surface area contributed by atoms with Gasteiger partial charge in [0.1, 0.15) is 5.75 Å². The molecule has 0 fully saturated rings. The Morgan fingerprint density at radius 1 is 1.38 bits per heavy atom. The minimum Gasteiger partial charge on any atom is -0.490 e. The minimum atomic E-state index is 0.209. The van der Waals surface area contributed by atoms with E-state index in [1.165, 1.54) is 5.56 Å². The van der Waals surface area contributed by atoms with Crippen molar-refractivity contribution in [1.82, 2.24) is 0 Å². The second-order valence-electron chi connectivity index (χ2n) is 3.36. The van der Waals surface area contributed by atoms with Crippen molar-refractivity contribution < 1.29 is 4.74 Å². The lowest BCUT2D eigenvalue weighted by Gasteiger charge is -2.13. The van der Waals surface area contributed by atoms with Crippen LogP contribution in [0.4, 0.5) is 0 Å². The van der Waals surface area contributed by atoms with Gasteiger partial charge in [0.05, 0.1) is 6.10 Å². The van der Waals surface area contributed by atoms with E-state index in [0.717, 1.165) is 11.3 Å². The third-order valence-electron chi connectivity index (χ3n) is 1.85. The van der Waals surface area contributed by atoms with E-state index in [-0.39, 0.29) is 6.10 Å². The molecule has 0 spiro atoms. The van der Waals surface area contributed by atoms with Crippen LogP contribution in [0, 0.1) is 6.92 Å². The summed E-state index contributed by atoms with van der Waals surface area (Å²) in [6.45, 7) is 9.89. The van der Waals surface area contributed by atoms with Crippen LogP contribution in [-0.2, 0) is 0 Å². The summed E-state index contributed by atoms with van der Waals surface area (Å²) in [5.74, 6) is 0.921. The van der Waals surface area contributed by atoms with E-state index < -0.39 is 0 Å². The Morgan fingerprint density at radius 3 is 2.62 bits per heavy atom. The van der Waals surface area contributed by atoms with Crippen LogP contribution in [0.3, 0.4) is 0 Å². The molecule has 13 heavy (non-hydrogen) atoms. The van der Waals surface area contributed by atoms with Crippen LogP contribution in [0.2, 0.25) is 0 Å². The van der Waals surface area contributed by atoms with Crippen LogP contribution < -0.4 is 4.74 Å². The van der Waals surface area contributed by atoms with Crippen molar-refractivity contribution in [3.05, 3.63) is 35.9 Å². The zero-order chi connectivity index (χ0) is 9.84. The maximum Gasteiger partial charge on any atom is 0.127 e. The average molecular weight is 176 g/mol. The van der Waals surface area contributed by atoms with Gasteiger partial charge in [-0.25, -0.2) is 0 Å². The molecule has 1 rings (SSSR count). The predicted octanol–water partition coefficient (Wildman–Crippen LogP) is 3.43. The summed E-state index contributed by atoms with van der Waals surface area (Å²) in [6.07, 6.45) is 2.05. The fraction of sp³-hybridized carbons (Fsp3) is 0.333. The summed E-state index contributed by atoms with van der Waals surface area (Å²) >= 11 is 0. The van der Waals surface area contributed by atoms with E-state index in [1.807, 2.05) is 32.1 Å². The molecule has 0 aliphatic heterocycles. The van der Waals surface area contributed by atoms with Crippen molar-refractivity contribution in [3.8, 4) is 5.75 Å². The molecule has 0 bridgehead atoms. The summed E-state index contributed by atoms with van der Waals surface area (Å²) < 4.78 is 5.65. The highest BCUT2D eigenvalue weighted by Crippen LogP contribution is 2.23. The molecular weight excluding hydrogens is 160 g/mol. The maximum atomic E-state index is 5.65. The van der Waals surface area contributed by atoms with Crippen LogP contribution in [-0.4, -0.2) is 6.10 Å². The highest BCUT2D eigenvalue weighted by molar-refractivity contribution is 5.59. The molecule has 0 atom stereocenters. The summed E-state index contributed by atoms with van der Waals surface area (Å²) in [6, 6.07) is 6.04. The van der Waals surface area contributed by atoms with E-state index in [4.69, 9.17) is 4.74 Å². The van der Waals surface area contributed by atoms with Crippen molar-refractivity contribution in [1.29, 1.82) is 0 Å². The van der Waals surface area contributed by atoms with Gasteiger partial charge in [-0.2, -0.15) is 0 Å². The third-order valence-corrected chi connectivity index (χ3v) is 1.85. The molecule has 1 heteroatoms. The predicted molar refractivity (Wildman–Crippen MR) is 57.0 cm³/mol. The second-order valence-corrected chi connectivity index (χ2v) is 3.36. The fourth-order valence-electron chi connectivity index (χ4n) is 1.27. The van der Waals surface area contributed by atoms with Crippen molar-refractivity contribution in [2.75, 3.05) is 0 Å². The number of benzene rings is 1. The topological polar surface area (TPSA) is 9.23 Å². The molecule has 1 nitrogen and oxygen atoms in total. The van der Waals surface area contributed by atoms with Crippen molar-refractivity contribution in [2.24, 2.45) is 0 Å². The van der Waals surface area contributed by atoms with Gasteiger partial charge < -0.3 is 4.74 Å². The van der Waals surface area contributed by atoms with Crippen LogP contribution in [0.1, 0.15) is 25.0 Å². The Balaban J connectivity index is 3.05. The van der Waals surface area contributed by atoms with Gasteiger partial charge in [-0.05, 0) is 32.4 Å². The second kappa shape index (κ2) is 4.13. The highest BCUT2D eigenvalue weighted by Gasteiger charge is 2.04. The largest absolute Gasteiger partial charge is 0.490 e. The Morgan fingerprint density at radius 2 is 2.08 bits per heavy atom. The lowest BCUT2D eigenvalue weighted by molar-refractivity contribution is 0.242. The molecule has 1 aromatic carbocycles. The Hall–Kier alpha value is -1.24. The first-order valence-corrected chi connectivity index (χ1v) is 4.54. The Labute approximate surface area is 80.0 Å². The molecule has 0 aliphatic rings. The van der Waals surface area contributed by atoms with Crippen LogP contribution in [0.15, 0.2) is 24.8 Å². The standard InChI is InChI=1S/C12H16O/c1-5-11-10(4)7-6-8-12(11)13-9(2)3/h5-9H,1H2,2-4H3. The molecule has 0 amide bonds. The van der Waals surface area contributed by atoms with Crippen molar-refractivity contribution >= 4 is 6.08 Å². The molecule has 0 aromatic heterocycles. The van der Waals surface area contributed by atoms with Crippen LogP contribution >= 0.6 is 0 Å². The quantitative estimate of drug-likeness (QED) is 0.685. The highest BCUT2D eigenvalue weighted by atomic mass is 16.5. The van der Waals surface area contributed by atoms with Gasteiger partial charge in [0.15, 0.2) is 0 Å². The summed E-state index contributed by atoms with van der Waals surface area (Å²) in [4.78, 5) is 0. The SMILES string of the molecule is C=Cc1c(C)cccc1OC(C)C. The molecule has 0 saturated carbocycles. The first kappa shape index (κ1) is 9.85. The third kappa shape index (κ3) is 2.35. The van der Waals surface area contributed by atoms with E-state index in [2.05, 4.69) is 19.6 Å². The van der Waals surface area contributed by atoms with E-state index in [1.54, 1.807) is 0 Å². The van der Waals surface area contributed by atoms with Crippen LogP contribution in [0.5, 0.6) is 5.75 Å². The molecule has 0 unspecified atom stereocenters. The van der Waals surface area contributed by atoms with Gasteiger partial charge in [0.25, 0.3) is 0 Å². The molecule has 1 aromatic rings. The van der Waals surface area contributed by atoms with Gasteiger partial charge in [0, 0.05) is 5.56 Å². The first-order valence-electron chi connectivity index (χ1n) is 4.54. The molecule has 0 radical (unpaired) electrons. The monoisotopic (exact) mass is 176 g/mol. The molecular formula is C12H16O. The zero-order valence-corrected chi connectivity index (χ0v) is 8.50. The number of aryl methyl sites for hydroxylation is 1. The smallest absolute Gasteiger partial charge is 0.127 e. The van der Waals surface area contributed by atoms with Gasteiger partial charge in [-0.1, -0.05) is 24.8 Å². The van der Waals surface area contributed by atoms with Gasteiger partial charge >= 0.3 is 0 Å². The molecule has 0 N–H and O–H groups in total. The number of ether oxygens (including phenoxy) is 1. The van der Waals surface area contributed by atoms with E-state index in [0.29, 0.717) is 0 Å². The molecule has 0 saturated heterocycles. The van der Waals surface area contributed by atoms with Crippen molar-refractivity contribution in [2.45, 2.75) is 26.9 Å². The summed E-state index contributed by atoms with van der Waals surface area (Å²) in [7, 11) is 0. The lowest BCUT2D eigenvalue weighted by Crippen LogP contribution is -2.06. The Bertz CT molecular complexity index is 300. The first-order chi connectivity index (χ1) is 6.15. The normalized spacial score (nSPS) is 10.2. The fourth-order valence-corrected chi connectivity index (χ4v) is 1.27. The molecule has 70 valence electrons. The van der Waals surface area contributed by atoms with Crippen molar-refractivity contribution in [3.63, 3.8) is 0 Å². The van der Waals surface area contributed by atoms with Gasteiger partial charge in [0.2, 0.25) is 0 Å². The molecule has 0 aliphatic carbocycles. The average Bonchev–Trinajstić information content (AvgIpc) is 2.03. The lowest BCUT2D eigenvalue weighted by atomic mass is 10.1. The number of hydrogen-bond acceptors (Lipinski definition) is 1. The Kier molecular flexibility index (Phi) is 3.13. The van der Waals surface area contributed by atoms with E-state index >= 15 is 0 Å². The molecule has 0 heterocycles.